The maximum absolute atomic E-state index is 5.81. The van der Waals surface area contributed by atoms with Crippen LogP contribution >= 0.6 is 28.3 Å². The standard InChI is InChI=1S/C14H21BrN2O.ClH/c15-12-4-3-6-14(10-12)18-9-8-17-7-2-1-5-13(17)11-16;/h3-4,6,10,13H,1-2,5,7-9,11,16H2;1H. The molecule has 19 heavy (non-hydrogen) atoms. The highest BCUT2D eigenvalue weighted by Gasteiger charge is 2.20. The van der Waals surface area contributed by atoms with Crippen molar-refractivity contribution in [1.29, 1.82) is 0 Å². The highest BCUT2D eigenvalue weighted by molar-refractivity contribution is 9.10. The van der Waals surface area contributed by atoms with Gasteiger partial charge in [-0.15, -0.1) is 12.4 Å². The lowest BCUT2D eigenvalue weighted by Crippen LogP contribution is -2.45. The van der Waals surface area contributed by atoms with E-state index in [-0.39, 0.29) is 12.4 Å². The predicted molar refractivity (Wildman–Crippen MR) is 85.2 cm³/mol. The Kier molecular flexibility index (Phi) is 7.76. The molecule has 1 unspecified atom stereocenters. The molecule has 5 heteroatoms. The van der Waals surface area contributed by atoms with E-state index in [1.807, 2.05) is 24.3 Å². The fourth-order valence-corrected chi connectivity index (χ4v) is 2.84. The maximum Gasteiger partial charge on any atom is 0.120 e. The van der Waals surface area contributed by atoms with Crippen molar-refractivity contribution in [3.8, 4) is 5.75 Å². The van der Waals surface area contributed by atoms with E-state index in [1.165, 1.54) is 19.3 Å². The number of ether oxygens (including phenoxy) is 1. The van der Waals surface area contributed by atoms with E-state index in [1.54, 1.807) is 0 Å². The molecular weight excluding hydrogens is 328 g/mol. The molecule has 1 heterocycles. The number of piperidine rings is 1. The number of halogens is 2. The van der Waals surface area contributed by atoms with Crippen LogP contribution < -0.4 is 10.5 Å². The Labute approximate surface area is 130 Å². The summed E-state index contributed by atoms with van der Waals surface area (Å²) in [6, 6.07) is 8.52. The van der Waals surface area contributed by atoms with Gasteiger partial charge in [0.25, 0.3) is 0 Å². The zero-order chi connectivity index (χ0) is 12.8. The lowest BCUT2D eigenvalue weighted by atomic mass is 10.0. The third kappa shape index (κ3) is 5.30. The van der Waals surface area contributed by atoms with Gasteiger partial charge in [-0.3, -0.25) is 4.90 Å². The molecule has 1 aromatic rings. The molecule has 1 atom stereocenters. The van der Waals surface area contributed by atoms with E-state index in [2.05, 4.69) is 20.8 Å². The van der Waals surface area contributed by atoms with Crippen molar-refractivity contribution >= 4 is 28.3 Å². The Morgan fingerprint density at radius 1 is 1.37 bits per heavy atom. The number of hydrogen-bond donors (Lipinski definition) is 1. The van der Waals surface area contributed by atoms with Crippen molar-refractivity contribution in [3.63, 3.8) is 0 Å². The molecule has 0 amide bonds. The largest absolute Gasteiger partial charge is 0.492 e. The number of nitrogens with two attached hydrogens (primary N) is 1. The minimum absolute atomic E-state index is 0. The molecule has 0 spiro atoms. The van der Waals surface area contributed by atoms with Crippen molar-refractivity contribution in [2.45, 2.75) is 25.3 Å². The van der Waals surface area contributed by atoms with E-state index in [4.69, 9.17) is 10.5 Å². The van der Waals surface area contributed by atoms with Gasteiger partial charge in [-0.05, 0) is 37.6 Å². The van der Waals surface area contributed by atoms with Crippen LogP contribution in [-0.2, 0) is 0 Å². The molecule has 1 aliphatic rings. The van der Waals surface area contributed by atoms with Crippen molar-refractivity contribution in [2.75, 3.05) is 26.2 Å². The van der Waals surface area contributed by atoms with E-state index >= 15 is 0 Å². The molecule has 0 saturated carbocycles. The second kappa shape index (κ2) is 8.80. The predicted octanol–water partition coefficient (Wildman–Crippen LogP) is 3.06. The molecule has 2 rings (SSSR count). The van der Waals surface area contributed by atoms with Crippen LogP contribution in [0.4, 0.5) is 0 Å². The Morgan fingerprint density at radius 3 is 2.95 bits per heavy atom. The van der Waals surface area contributed by atoms with Crippen LogP contribution in [0.15, 0.2) is 28.7 Å². The summed E-state index contributed by atoms with van der Waals surface area (Å²) >= 11 is 3.44. The average Bonchev–Trinajstić information content (AvgIpc) is 2.39. The molecule has 0 aromatic heterocycles. The molecule has 1 saturated heterocycles. The van der Waals surface area contributed by atoms with Crippen LogP contribution in [0.1, 0.15) is 19.3 Å². The van der Waals surface area contributed by atoms with Crippen LogP contribution in [0.5, 0.6) is 5.75 Å². The minimum atomic E-state index is 0. The number of nitrogens with zero attached hydrogens (tertiary/aromatic N) is 1. The van der Waals surface area contributed by atoms with Crippen LogP contribution in [0.25, 0.3) is 0 Å². The molecule has 0 aliphatic carbocycles. The summed E-state index contributed by atoms with van der Waals surface area (Å²) in [6.45, 7) is 3.61. The summed E-state index contributed by atoms with van der Waals surface area (Å²) in [6.07, 6.45) is 3.83. The molecular formula is C14H22BrClN2O. The molecule has 0 bridgehead atoms. The molecule has 1 fully saturated rings. The molecule has 2 N–H and O–H groups in total. The van der Waals surface area contributed by atoms with Gasteiger partial charge < -0.3 is 10.5 Å². The number of benzene rings is 1. The Hall–Kier alpha value is -0.290. The van der Waals surface area contributed by atoms with E-state index in [9.17, 15) is 0 Å². The zero-order valence-corrected chi connectivity index (χ0v) is 13.5. The monoisotopic (exact) mass is 348 g/mol. The molecule has 1 aliphatic heterocycles. The van der Waals surface area contributed by atoms with Crippen molar-refractivity contribution in [1.82, 2.24) is 4.90 Å². The first-order chi connectivity index (χ1) is 8.79. The maximum atomic E-state index is 5.81. The van der Waals surface area contributed by atoms with Gasteiger partial charge in [0.2, 0.25) is 0 Å². The van der Waals surface area contributed by atoms with Crippen LogP contribution in [0.2, 0.25) is 0 Å². The van der Waals surface area contributed by atoms with Gasteiger partial charge in [0.05, 0.1) is 0 Å². The van der Waals surface area contributed by atoms with Gasteiger partial charge in [-0.1, -0.05) is 28.4 Å². The number of likely N-dealkylation sites (tertiary alicyclic amines) is 1. The van der Waals surface area contributed by atoms with Crippen molar-refractivity contribution in [2.24, 2.45) is 5.73 Å². The van der Waals surface area contributed by atoms with E-state index in [0.717, 1.165) is 36.5 Å². The number of rotatable bonds is 5. The minimum Gasteiger partial charge on any atom is -0.492 e. The first-order valence-electron chi connectivity index (χ1n) is 6.62. The molecule has 3 nitrogen and oxygen atoms in total. The Morgan fingerprint density at radius 2 is 2.21 bits per heavy atom. The van der Waals surface area contributed by atoms with Gasteiger partial charge in [-0.2, -0.15) is 0 Å². The Bertz CT molecular complexity index is 378. The summed E-state index contributed by atoms with van der Waals surface area (Å²) in [5.74, 6) is 0.922. The number of hydrogen-bond acceptors (Lipinski definition) is 3. The summed E-state index contributed by atoms with van der Waals surface area (Å²) in [4.78, 5) is 2.46. The highest BCUT2D eigenvalue weighted by atomic mass is 79.9. The third-order valence-electron chi connectivity index (χ3n) is 3.46. The summed E-state index contributed by atoms with van der Waals surface area (Å²) < 4.78 is 6.82. The Balaban J connectivity index is 0.00000180. The van der Waals surface area contributed by atoms with Crippen molar-refractivity contribution in [3.05, 3.63) is 28.7 Å². The quantitative estimate of drug-likeness (QED) is 0.888. The summed E-state index contributed by atoms with van der Waals surface area (Å²) in [5, 5.41) is 0. The van der Waals surface area contributed by atoms with Gasteiger partial charge in [0.15, 0.2) is 0 Å². The van der Waals surface area contributed by atoms with Crippen LogP contribution in [-0.4, -0.2) is 37.2 Å². The van der Waals surface area contributed by atoms with Crippen LogP contribution in [0, 0.1) is 0 Å². The summed E-state index contributed by atoms with van der Waals surface area (Å²) in [5.41, 5.74) is 5.81. The second-order valence-electron chi connectivity index (χ2n) is 4.73. The van der Waals surface area contributed by atoms with Gasteiger partial charge in [-0.25, -0.2) is 0 Å². The molecule has 0 radical (unpaired) electrons. The highest BCUT2D eigenvalue weighted by Crippen LogP contribution is 2.19. The normalized spacial score (nSPS) is 19.8. The topological polar surface area (TPSA) is 38.5 Å². The van der Waals surface area contributed by atoms with Crippen molar-refractivity contribution < 1.29 is 4.74 Å². The van der Waals surface area contributed by atoms with Gasteiger partial charge in [0, 0.05) is 23.6 Å². The third-order valence-corrected chi connectivity index (χ3v) is 3.96. The fourth-order valence-electron chi connectivity index (χ4n) is 2.46. The average molecular weight is 350 g/mol. The first-order valence-corrected chi connectivity index (χ1v) is 7.41. The molecule has 1 aromatic carbocycles. The van der Waals surface area contributed by atoms with E-state index < -0.39 is 0 Å². The van der Waals surface area contributed by atoms with E-state index in [0.29, 0.717) is 6.04 Å². The first kappa shape index (κ1) is 16.8. The molecule has 108 valence electrons. The zero-order valence-electron chi connectivity index (χ0n) is 11.1. The SMILES string of the molecule is Cl.NCC1CCCCN1CCOc1cccc(Br)c1. The lowest BCUT2D eigenvalue weighted by molar-refractivity contribution is 0.127. The van der Waals surface area contributed by atoms with Gasteiger partial charge in [0.1, 0.15) is 12.4 Å². The second-order valence-corrected chi connectivity index (χ2v) is 5.64. The lowest BCUT2D eigenvalue weighted by Gasteiger charge is -2.34. The smallest absolute Gasteiger partial charge is 0.120 e. The van der Waals surface area contributed by atoms with Gasteiger partial charge >= 0.3 is 0 Å². The fraction of sp³-hybridized carbons (Fsp3) is 0.571. The summed E-state index contributed by atoms with van der Waals surface area (Å²) in [7, 11) is 0. The van der Waals surface area contributed by atoms with Crippen LogP contribution in [0.3, 0.4) is 0 Å².